The Morgan fingerprint density at radius 3 is 3.00 bits per heavy atom. The van der Waals surface area contributed by atoms with Crippen LogP contribution in [0.2, 0.25) is 5.15 Å². The van der Waals surface area contributed by atoms with Gasteiger partial charge in [-0.3, -0.25) is 4.99 Å². The van der Waals surface area contributed by atoms with Crippen molar-refractivity contribution in [2.24, 2.45) is 4.99 Å². The number of aromatic nitrogens is 1. The molecule has 80 valence electrons. The van der Waals surface area contributed by atoms with Gasteiger partial charge in [-0.2, -0.15) is 0 Å². The van der Waals surface area contributed by atoms with E-state index in [0.717, 1.165) is 37.3 Å². The van der Waals surface area contributed by atoms with Crippen LogP contribution >= 0.6 is 11.6 Å². The zero-order chi connectivity index (χ0) is 10.7. The average molecular weight is 224 g/mol. The van der Waals surface area contributed by atoms with Crippen LogP contribution in [0.25, 0.3) is 0 Å². The van der Waals surface area contributed by atoms with Crippen molar-refractivity contribution in [3.8, 4) is 0 Å². The number of hydrogen-bond donors (Lipinski definition) is 0. The van der Waals surface area contributed by atoms with Crippen LogP contribution in [0.3, 0.4) is 0 Å². The van der Waals surface area contributed by atoms with E-state index < -0.39 is 0 Å². The molecule has 0 fully saturated rings. The van der Waals surface area contributed by atoms with Gasteiger partial charge >= 0.3 is 0 Å². The first-order chi connectivity index (χ1) is 7.25. The van der Waals surface area contributed by atoms with Gasteiger partial charge in [-0.05, 0) is 18.1 Å². The summed E-state index contributed by atoms with van der Waals surface area (Å²) in [6.45, 7) is 2.04. The number of aliphatic imine (C=N–C) groups is 1. The Hall–Kier alpha value is -1.09. The molecule has 0 bridgehead atoms. The van der Waals surface area contributed by atoms with Crippen LogP contribution in [0.4, 0.5) is 0 Å². The Morgan fingerprint density at radius 2 is 2.33 bits per heavy atom. The topological polar surface area (TPSA) is 28.5 Å². The summed E-state index contributed by atoms with van der Waals surface area (Å²) >= 11 is 5.73. The molecule has 2 rings (SSSR count). The van der Waals surface area contributed by atoms with Crippen LogP contribution in [-0.2, 0) is 6.42 Å². The quantitative estimate of drug-likeness (QED) is 0.718. The largest absolute Gasteiger partial charge is 0.363 e. The molecule has 0 aromatic carbocycles. The highest BCUT2D eigenvalue weighted by Gasteiger charge is 2.11. The van der Waals surface area contributed by atoms with Crippen molar-refractivity contribution in [3.63, 3.8) is 0 Å². The van der Waals surface area contributed by atoms with E-state index in [2.05, 4.69) is 21.9 Å². The van der Waals surface area contributed by atoms with Crippen molar-refractivity contribution in [2.45, 2.75) is 12.8 Å². The first kappa shape index (κ1) is 10.4. The Bertz CT molecular complexity index is 359. The van der Waals surface area contributed by atoms with E-state index in [-0.39, 0.29) is 0 Å². The molecule has 0 aliphatic carbocycles. The van der Waals surface area contributed by atoms with Crippen LogP contribution in [0.15, 0.2) is 23.3 Å². The van der Waals surface area contributed by atoms with Gasteiger partial charge in [0.1, 0.15) is 11.0 Å². The maximum Gasteiger partial charge on any atom is 0.129 e. The molecule has 3 nitrogen and oxygen atoms in total. The predicted octanol–water partition coefficient (Wildman–Crippen LogP) is 2.01. The molecule has 1 aliphatic heterocycles. The Balaban J connectivity index is 2.08. The molecular weight excluding hydrogens is 210 g/mol. The standard InChI is InChI=1S/C11H14ClN3/c1-15-6-2-5-13-11(15)7-9-3-4-10(12)14-8-9/h3-4,8H,2,5-7H2,1H3. The molecule has 2 heterocycles. The summed E-state index contributed by atoms with van der Waals surface area (Å²) in [5.74, 6) is 1.14. The van der Waals surface area contributed by atoms with Crippen molar-refractivity contribution in [1.82, 2.24) is 9.88 Å². The third-order valence-corrected chi connectivity index (χ3v) is 2.76. The van der Waals surface area contributed by atoms with E-state index in [4.69, 9.17) is 11.6 Å². The number of halogens is 1. The van der Waals surface area contributed by atoms with Crippen LogP contribution < -0.4 is 0 Å². The third-order valence-electron chi connectivity index (χ3n) is 2.54. The van der Waals surface area contributed by atoms with Gasteiger partial charge in [0.15, 0.2) is 0 Å². The number of rotatable bonds is 2. The summed E-state index contributed by atoms with van der Waals surface area (Å²) < 4.78 is 0. The van der Waals surface area contributed by atoms with Crippen molar-refractivity contribution >= 4 is 17.4 Å². The predicted molar refractivity (Wildman–Crippen MR) is 62.5 cm³/mol. The second-order valence-electron chi connectivity index (χ2n) is 3.74. The molecule has 0 unspecified atom stereocenters. The lowest BCUT2D eigenvalue weighted by atomic mass is 10.1. The van der Waals surface area contributed by atoms with E-state index in [9.17, 15) is 0 Å². The number of hydrogen-bond acceptors (Lipinski definition) is 3. The van der Waals surface area contributed by atoms with Gasteiger partial charge in [0.2, 0.25) is 0 Å². The SMILES string of the molecule is CN1CCCN=C1Cc1ccc(Cl)nc1. The van der Waals surface area contributed by atoms with Crippen molar-refractivity contribution in [2.75, 3.05) is 20.1 Å². The molecule has 1 aromatic rings. The van der Waals surface area contributed by atoms with Crippen LogP contribution in [-0.4, -0.2) is 35.9 Å². The fourth-order valence-electron chi connectivity index (χ4n) is 1.65. The zero-order valence-corrected chi connectivity index (χ0v) is 9.54. The first-order valence-corrected chi connectivity index (χ1v) is 5.48. The van der Waals surface area contributed by atoms with Gasteiger partial charge in [0.05, 0.1) is 0 Å². The molecule has 15 heavy (non-hydrogen) atoms. The summed E-state index contributed by atoms with van der Waals surface area (Å²) in [7, 11) is 2.08. The number of likely N-dealkylation sites (N-methyl/N-ethyl adjacent to an activating group) is 1. The molecule has 0 radical (unpaired) electrons. The van der Waals surface area contributed by atoms with E-state index in [1.165, 1.54) is 0 Å². The minimum absolute atomic E-state index is 0.540. The molecular formula is C11H14ClN3. The van der Waals surface area contributed by atoms with Gasteiger partial charge in [0.25, 0.3) is 0 Å². The Labute approximate surface area is 94.8 Å². The van der Waals surface area contributed by atoms with Gasteiger partial charge in [-0.1, -0.05) is 17.7 Å². The molecule has 0 saturated heterocycles. The minimum Gasteiger partial charge on any atom is -0.363 e. The monoisotopic (exact) mass is 223 g/mol. The molecule has 0 N–H and O–H groups in total. The fraction of sp³-hybridized carbons (Fsp3) is 0.455. The Kier molecular flexibility index (Phi) is 3.21. The average Bonchev–Trinajstić information content (AvgIpc) is 2.25. The highest BCUT2D eigenvalue weighted by Crippen LogP contribution is 2.09. The van der Waals surface area contributed by atoms with Gasteiger partial charge in [-0.15, -0.1) is 0 Å². The summed E-state index contributed by atoms with van der Waals surface area (Å²) in [6.07, 6.45) is 3.81. The van der Waals surface area contributed by atoms with E-state index in [1.54, 1.807) is 0 Å². The molecule has 1 aliphatic rings. The van der Waals surface area contributed by atoms with Gasteiger partial charge in [-0.25, -0.2) is 4.98 Å². The third kappa shape index (κ3) is 2.69. The van der Waals surface area contributed by atoms with Crippen LogP contribution in [0, 0.1) is 0 Å². The molecule has 1 aromatic heterocycles. The molecule has 0 amide bonds. The fourth-order valence-corrected chi connectivity index (χ4v) is 1.76. The lowest BCUT2D eigenvalue weighted by Crippen LogP contribution is -2.33. The summed E-state index contributed by atoms with van der Waals surface area (Å²) in [5.41, 5.74) is 1.16. The molecule has 0 saturated carbocycles. The maximum absolute atomic E-state index is 5.73. The molecule has 4 heteroatoms. The second kappa shape index (κ2) is 4.62. The van der Waals surface area contributed by atoms with Gasteiger partial charge in [0, 0.05) is 32.8 Å². The molecule has 0 atom stereocenters. The minimum atomic E-state index is 0.540. The van der Waals surface area contributed by atoms with Crippen molar-refractivity contribution in [1.29, 1.82) is 0 Å². The summed E-state index contributed by atoms with van der Waals surface area (Å²) in [6, 6.07) is 3.82. The first-order valence-electron chi connectivity index (χ1n) is 5.10. The highest BCUT2D eigenvalue weighted by atomic mass is 35.5. The number of nitrogens with zero attached hydrogens (tertiary/aromatic N) is 3. The normalized spacial score (nSPS) is 16.4. The van der Waals surface area contributed by atoms with E-state index in [1.807, 2.05) is 18.3 Å². The van der Waals surface area contributed by atoms with Crippen LogP contribution in [0.1, 0.15) is 12.0 Å². The Morgan fingerprint density at radius 1 is 1.47 bits per heavy atom. The summed E-state index contributed by atoms with van der Waals surface area (Å²) in [5, 5.41) is 0.540. The summed E-state index contributed by atoms with van der Waals surface area (Å²) in [4.78, 5) is 10.8. The van der Waals surface area contributed by atoms with E-state index >= 15 is 0 Å². The lowest BCUT2D eigenvalue weighted by Gasteiger charge is -2.25. The number of amidine groups is 1. The van der Waals surface area contributed by atoms with E-state index in [0.29, 0.717) is 5.15 Å². The smallest absolute Gasteiger partial charge is 0.129 e. The molecule has 0 spiro atoms. The number of pyridine rings is 1. The second-order valence-corrected chi connectivity index (χ2v) is 4.13. The zero-order valence-electron chi connectivity index (χ0n) is 8.78. The lowest BCUT2D eigenvalue weighted by molar-refractivity contribution is 0.459. The van der Waals surface area contributed by atoms with Crippen molar-refractivity contribution < 1.29 is 0 Å². The van der Waals surface area contributed by atoms with Gasteiger partial charge < -0.3 is 4.90 Å². The van der Waals surface area contributed by atoms with Crippen molar-refractivity contribution in [3.05, 3.63) is 29.0 Å². The van der Waals surface area contributed by atoms with Crippen LogP contribution in [0.5, 0.6) is 0 Å². The maximum atomic E-state index is 5.73. The highest BCUT2D eigenvalue weighted by molar-refractivity contribution is 6.29.